The summed E-state index contributed by atoms with van der Waals surface area (Å²) in [6, 6.07) is 17.0. The van der Waals surface area contributed by atoms with Crippen LogP contribution in [0.1, 0.15) is 19.4 Å². The van der Waals surface area contributed by atoms with E-state index in [4.69, 9.17) is 4.74 Å². The number of thioether (sulfide) groups is 1. The third-order valence-corrected chi connectivity index (χ3v) is 6.35. The summed E-state index contributed by atoms with van der Waals surface area (Å²) in [5.74, 6) is 0.178. The maximum absolute atomic E-state index is 13.1. The molecule has 10 nitrogen and oxygen atoms in total. The highest BCUT2D eigenvalue weighted by Crippen LogP contribution is 2.30. The number of tetrazole rings is 1. The van der Waals surface area contributed by atoms with Crippen LogP contribution in [0.4, 0.5) is 0 Å². The first kappa shape index (κ1) is 24.1. The molecule has 0 atom stereocenters. The lowest BCUT2D eigenvalue weighted by Gasteiger charge is -2.15. The summed E-state index contributed by atoms with van der Waals surface area (Å²) in [6.45, 7) is 4.25. The molecule has 2 aromatic heterocycles. The van der Waals surface area contributed by atoms with Crippen molar-refractivity contribution in [2.75, 3.05) is 12.4 Å². The van der Waals surface area contributed by atoms with Crippen molar-refractivity contribution < 1.29 is 9.53 Å². The maximum atomic E-state index is 13.1. The fraction of sp³-hybridized carbons (Fsp3) is 0.250. The molecule has 0 saturated carbocycles. The number of aromatic nitrogens is 6. The SMILES string of the molecule is CCOC(=O)CSc1cc(=O)n(CC)c(=O)n1Cc1ccc(-c2ccccc2-c2nnn[nH]2)cc1. The van der Waals surface area contributed by atoms with Crippen LogP contribution >= 0.6 is 11.8 Å². The quantitative estimate of drug-likeness (QED) is 0.215. The molecular weight excluding hydrogens is 468 g/mol. The Kier molecular flexibility index (Phi) is 7.56. The monoisotopic (exact) mass is 492 g/mol. The minimum absolute atomic E-state index is 0.00900. The number of hydrogen-bond donors (Lipinski definition) is 1. The number of nitrogens with zero attached hydrogens (tertiary/aromatic N) is 5. The predicted octanol–water partition coefficient (Wildman–Crippen LogP) is 2.58. The van der Waals surface area contributed by atoms with Crippen LogP contribution in [0.2, 0.25) is 0 Å². The van der Waals surface area contributed by atoms with Crippen LogP contribution in [0, 0.1) is 0 Å². The number of aromatic amines is 1. The highest BCUT2D eigenvalue weighted by atomic mass is 32.2. The van der Waals surface area contributed by atoms with Crippen LogP contribution in [0.3, 0.4) is 0 Å². The van der Waals surface area contributed by atoms with Crippen molar-refractivity contribution >= 4 is 17.7 Å². The van der Waals surface area contributed by atoms with Crippen molar-refractivity contribution in [3.63, 3.8) is 0 Å². The van der Waals surface area contributed by atoms with Gasteiger partial charge in [0.05, 0.1) is 23.9 Å². The summed E-state index contributed by atoms with van der Waals surface area (Å²) in [5.41, 5.74) is 2.85. The first-order valence-electron chi connectivity index (χ1n) is 11.1. The van der Waals surface area contributed by atoms with E-state index >= 15 is 0 Å². The second kappa shape index (κ2) is 11.0. The van der Waals surface area contributed by atoms with Gasteiger partial charge in [0.2, 0.25) is 0 Å². The molecule has 0 aliphatic rings. The minimum atomic E-state index is -0.418. The number of carbonyl (C=O) groups excluding carboxylic acids is 1. The number of esters is 1. The van der Waals surface area contributed by atoms with Gasteiger partial charge in [0.1, 0.15) is 0 Å². The van der Waals surface area contributed by atoms with Gasteiger partial charge < -0.3 is 4.74 Å². The van der Waals surface area contributed by atoms with Gasteiger partial charge in [-0.05, 0) is 41.0 Å². The minimum Gasteiger partial charge on any atom is -0.465 e. The number of benzene rings is 2. The number of rotatable bonds is 9. The molecule has 35 heavy (non-hydrogen) atoms. The van der Waals surface area contributed by atoms with Crippen molar-refractivity contribution in [2.24, 2.45) is 0 Å². The first-order valence-corrected chi connectivity index (χ1v) is 12.1. The van der Waals surface area contributed by atoms with Gasteiger partial charge in [-0.25, -0.2) is 9.89 Å². The Balaban J connectivity index is 1.64. The van der Waals surface area contributed by atoms with E-state index in [9.17, 15) is 14.4 Å². The molecule has 0 radical (unpaired) electrons. The molecule has 0 saturated heterocycles. The predicted molar refractivity (Wildman–Crippen MR) is 132 cm³/mol. The molecule has 0 spiro atoms. The highest BCUT2D eigenvalue weighted by Gasteiger charge is 2.15. The van der Waals surface area contributed by atoms with E-state index < -0.39 is 17.2 Å². The molecule has 0 bridgehead atoms. The van der Waals surface area contributed by atoms with E-state index in [2.05, 4.69) is 20.6 Å². The van der Waals surface area contributed by atoms with Gasteiger partial charge in [-0.15, -0.1) is 5.10 Å². The zero-order chi connectivity index (χ0) is 24.8. The molecule has 2 aromatic carbocycles. The van der Waals surface area contributed by atoms with Crippen molar-refractivity contribution in [1.29, 1.82) is 0 Å². The Morgan fingerprint density at radius 3 is 2.43 bits per heavy atom. The molecular formula is C24H24N6O4S. The van der Waals surface area contributed by atoms with Crippen molar-refractivity contribution in [3.05, 3.63) is 81.0 Å². The van der Waals surface area contributed by atoms with E-state index in [1.54, 1.807) is 13.8 Å². The van der Waals surface area contributed by atoms with Crippen LogP contribution in [-0.4, -0.2) is 48.1 Å². The van der Waals surface area contributed by atoms with Gasteiger partial charge in [-0.3, -0.25) is 18.7 Å². The van der Waals surface area contributed by atoms with Crippen molar-refractivity contribution in [1.82, 2.24) is 29.8 Å². The summed E-state index contributed by atoms with van der Waals surface area (Å²) >= 11 is 1.12. The number of ether oxygens (including phenoxy) is 1. The number of carbonyl (C=O) groups is 1. The molecule has 4 aromatic rings. The average molecular weight is 493 g/mol. The fourth-order valence-electron chi connectivity index (χ4n) is 3.67. The Morgan fingerprint density at radius 1 is 1.03 bits per heavy atom. The van der Waals surface area contributed by atoms with Crippen LogP contribution in [-0.2, 0) is 22.6 Å². The van der Waals surface area contributed by atoms with Gasteiger partial charge in [-0.1, -0.05) is 60.3 Å². The Hall–Kier alpha value is -3.99. The fourth-order valence-corrected chi connectivity index (χ4v) is 4.51. The highest BCUT2D eigenvalue weighted by molar-refractivity contribution is 7.99. The van der Waals surface area contributed by atoms with Crippen LogP contribution in [0.25, 0.3) is 22.5 Å². The second-order valence-corrected chi connectivity index (χ2v) is 8.52. The number of nitrogens with one attached hydrogen (secondary N) is 1. The molecule has 0 aliphatic heterocycles. The zero-order valence-electron chi connectivity index (χ0n) is 19.3. The lowest BCUT2D eigenvalue weighted by molar-refractivity contribution is -0.139. The van der Waals surface area contributed by atoms with Crippen molar-refractivity contribution in [3.8, 4) is 22.5 Å². The van der Waals surface area contributed by atoms with Crippen LogP contribution in [0.15, 0.2) is 69.2 Å². The third kappa shape index (κ3) is 5.40. The molecule has 4 rings (SSSR count). The van der Waals surface area contributed by atoms with Gasteiger partial charge in [0, 0.05) is 18.2 Å². The molecule has 2 heterocycles. The van der Waals surface area contributed by atoms with Gasteiger partial charge in [-0.2, -0.15) is 0 Å². The van der Waals surface area contributed by atoms with E-state index in [-0.39, 0.29) is 25.4 Å². The summed E-state index contributed by atoms with van der Waals surface area (Å²) in [4.78, 5) is 37.3. The number of hydrogen-bond acceptors (Lipinski definition) is 8. The van der Waals surface area contributed by atoms with Crippen LogP contribution < -0.4 is 11.2 Å². The average Bonchev–Trinajstić information content (AvgIpc) is 3.40. The van der Waals surface area contributed by atoms with Crippen LogP contribution in [0.5, 0.6) is 0 Å². The largest absolute Gasteiger partial charge is 0.465 e. The molecule has 180 valence electrons. The topological polar surface area (TPSA) is 125 Å². The summed E-state index contributed by atoms with van der Waals surface area (Å²) < 4.78 is 7.66. The van der Waals surface area contributed by atoms with Gasteiger partial charge >= 0.3 is 11.7 Å². The molecule has 1 N–H and O–H groups in total. The standard InChI is InChI=1S/C24H24N6O4S/c1-3-29-20(31)13-21(35-15-22(32)34-4-2)30(24(29)33)14-16-9-11-17(12-10-16)18-7-5-6-8-19(18)23-25-27-28-26-23/h5-13H,3-4,14-15H2,1-2H3,(H,25,26,27,28). The Morgan fingerprint density at radius 2 is 1.77 bits per heavy atom. The second-order valence-electron chi connectivity index (χ2n) is 7.52. The van der Waals surface area contributed by atoms with Gasteiger partial charge in [0.15, 0.2) is 5.82 Å². The third-order valence-electron chi connectivity index (χ3n) is 5.33. The molecule has 0 aliphatic carbocycles. The molecule has 0 amide bonds. The van der Waals surface area contributed by atoms with E-state index in [0.717, 1.165) is 34.0 Å². The molecule has 0 fully saturated rings. The molecule has 0 unspecified atom stereocenters. The Bertz CT molecular complexity index is 1430. The lowest BCUT2D eigenvalue weighted by Crippen LogP contribution is -2.40. The first-order chi connectivity index (χ1) is 17.0. The van der Waals surface area contributed by atoms with E-state index in [0.29, 0.717) is 10.9 Å². The Labute approximate surface area is 205 Å². The zero-order valence-corrected chi connectivity index (χ0v) is 20.1. The lowest BCUT2D eigenvalue weighted by atomic mass is 9.98. The molecule has 11 heteroatoms. The van der Waals surface area contributed by atoms with Gasteiger partial charge in [0.25, 0.3) is 5.56 Å². The van der Waals surface area contributed by atoms with E-state index in [1.807, 2.05) is 48.5 Å². The maximum Gasteiger partial charge on any atom is 0.332 e. The summed E-state index contributed by atoms with van der Waals surface area (Å²) in [5, 5.41) is 14.5. The van der Waals surface area contributed by atoms with E-state index in [1.165, 1.54) is 15.2 Å². The summed E-state index contributed by atoms with van der Waals surface area (Å²) in [6.07, 6.45) is 0. The summed E-state index contributed by atoms with van der Waals surface area (Å²) in [7, 11) is 0. The normalized spacial score (nSPS) is 10.9. The smallest absolute Gasteiger partial charge is 0.332 e. The number of H-pyrrole nitrogens is 1. The van der Waals surface area contributed by atoms with Crippen molar-refractivity contribution in [2.45, 2.75) is 32.0 Å².